The molecular formula is C16H23BrN2. The van der Waals surface area contributed by atoms with Crippen molar-refractivity contribution in [1.82, 2.24) is 0 Å². The molecular weight excluding hydrogens is 300 g/mol. The van der Waals surface area contributed by atoms with Gasteiger partial charge in [0.2, 0.25) is 0 Å². The van der Waals surface area contributed by atoms with Gasteiger partial charge in [0.25, 0.3) is 0 Å². The Balaban J connectivity index is 1.86. The van der Waals surface area contributed by atoms with Crippen LogP contribution in [-0.4, -0.2) is 12.6 Å². The van der Waals surface area contributed by atoms with Crippen LogP contribution in [0.3, 0.4) is 0 Å². The topological polar surface area (TPSA) is 29.3 Å². The molecule has 3 atom stereocenters. The third-order valence-corrected chi connectivity index (χ3v) is 5.45. The molecule has 104 valence electrons. The average molecular weight is 323 g/mol. The summed E-state index contributed by atoms with van der Waals surface area (Å²) in [6, 6.07) is 7.49. The quantitative estimate of drug-likeness (QED) is 0.882. The Morgan fingerprint density at radius 3 is 2.79 bits per heavy atom. The number of fused-ring (bicyclic) bond motifs is 1. The van der Waals surface area contributed by atoms with Crippen LogP contribution in [0.4, 0.5) is 5.69 Å². The summed E-state index contributed by atoms with van der Waals surface area (Å²) < 4.78 is 1.20. The molecule has 0 aromatic heterocycles. The number of halogens is 1. The van der Waals surface area contributed by atoms with Gasteiger partial charge in [-0.05, 0) is 65.7 Å². The normalized spacial score (nSPS) is 28.3. The zero-order valence-electron chi connectivity index (χ0n) is 11.6. The molecule has 0 amide bonds. The summed E-state index contributed by atoms with van der Waals surface area (Å²) in [4.78, 5) is 2.62. The van der Waals surface area contributed by atoms with E-state index in [4.69, 9.17) is 5.73 Å². The van der Waals surface area contributed by atoms with Crippen molar-refractivity contribution in [2.45, 2.75) is 51.1 Å². The van der Waals surface area contributed by atoms with Crippen LogP contribution in [0, 0.1) is 5.92 Å². The zero-order valence-corrected chi connectivity index (χ0v) is 13.2. The van der Waals surface area contributed by atoms with Gasteiger partial charge in [-0.2, -0.15) is 0 Å². The molecule has 19 heavy (non-hydrogen) atoms. The summed E-state index contributed by atoms with van der Waals surface area (Å²) >= 11 is 3.74. The van der Waals surface area contributed by atoms with Crippen molar-refractivity contribution in [1.29, 1.82) is 0 Å². The molecule has 1 saturated heterocycles. The standard InChI is InChI=1S/C16H23BrN2/c1-11(18)13-6-7-16(14(17)10-13)19-9-8-12-4-2-3-5-15(12)19/h6-7,10-12,15H,2-5,8-9,18H2,1H3/t11-,12?,15?/m1/s1. The smallest absolute Gasteiger partial charge is 0.0513 e. The summed E-state index contributed by atoms with van der Waals surface area (Å²) in [5, 5.41) is 0. The minimum Gasteiger partial charge on any atom is -0.367 e. The van der Waals surface area contributed by atoms with Crippen LogP contribution in [-0.2, 0) is 0 Å². The molecule has 0 spiro atoms. The third kappa shape index (κ3) is 2.55. The number of benzene rings is 1. The van der Waals surface area contributed by atoms with E-state index in [0.717, 1.165) is 12.0 Å². The lowest BCUT2D eigenvalue weighted by Crippen LogP contribution is -2.34. The summed E-state index contributed by atoms with van der Waals surface area (Å²) in [5.41, 5.74) is 8.52. The molecule has 1 aliphatic carbocycles. The maximum Gasteiger partial charge on any atom is 0.0513 e. The highest BCUT2D eigenvalue weighted by molar-refractivity contribution is 9.10. The van der Waals surface area contributed by atoms with Gasteiger partial charge in [-0.1, -0.05) is 18.9 Å². The van der Waals surface area contributed by atoms with E-state index in [9.17, 15) is 0 Å². The molecule has 1 aromatic rings. The predicted octanol–water partition coefficient (Wildman–Crippen LogP) is 4.24. The Bertz CT molecular complexity index is 458. The highest BCUT2D eigenvalue weighted by Gasteiger charge is 2.36. The van der Waals surface area contributed by atoms with Gasteiger partial charge < -0.3 is 10.6 Å². The first-order valence-corrected chi connectivity index (χ1v) is 8.28. The molecule has 1 heterocycles. The van der Waals surface area contributed by atoms with Gasteiger partial charge in [-0.15, -0.1) is 0 Å². The van der Waals surface area contributed by atoms with Gasteiger partial charge in [0.1, 0.15) is 0 Å². The van der Waals surface area contributed by atoms with E-state index in [2.05, 4.69) is 39.0 Å². The molecule has 1 aromatic carbocycles. The van der Waals surface area contributed by atoms with Crippen LogP contribution in [0.15, 0.2) is 22.7 Å². The van der Waals surface area contributed by atoms with Gasteiger partial charge in [0.05, 0.1) is 5.69 Å². The van der Waals surface area contributed by atoms with Crippen LogP contribution >= 0.6 is 15.9 Å². The van der Waals surface area contributed by atoms with E-state index in [0.29, 0.717) is 0 Å². The Morgan fingerprint density at radius 1 is 1.26 bits per heavy atom. The number of hydrogen-bond donors (Lipinski definition) is 1. The number of anilines is 1. The number of hydrogen-bond acceptors (Lipinski definition) is 2. The molecule has 0 bridgehead atoms. The van der Waals surface area contributed by atoms with Crippen molar-refractivity contribution in [3.63, 3.8) is 0 Å². The van der Waals surface area contributed by atoms with Crippen molar-refractivity contribution in [2.24, 2.45) is 11.7 Å². The van der Waals surface area contributed by atoms with Gasteiger partial charge in [-0.3, -0.25) is 0 Å². The van der Waals surface area contributed by atoms with Gasteiger partial charge >= 0.3 is 0 Å². The molecule has 2 fully saturated rings. The third-order valence-electron chi connectivity index (χ3n) is 4.82. The lowest BCUT2D eigenvalue weighted by molar-refractivity contribution is 0.342. The molecule has 2 N–H and O–H groups in total. The van der Waals surface area contributed by atoms with Gasteiger partial charge in [-0.25, -0.2) is 0 Å². The molecule has 2 nitrogen and oxygen atoms in total. The van der Waals surface area contributed by atoms with Gasteiger partial charge in [0.15, 0.2) is 0 Å². The zero-order chi connectivity index (χ0) is 13.4. The Labute approximate surface area is 124 Å². The number of rotatable bonds is 2. The first-order chi connectivity index (χ1) is 9.16. The SMILES string of the molecule is C[C@@H](N)c1ccc(N2CCC3CCCCC32)c(Br)c1. The van der Waals surface area contributed by atoms with E-state index < -0.39 is 0 Å². The van der Waals surface area contributed by atoms with Crippen LogP contribution < -0.4 is 10.6 Å². The maximum absolute atomic E-state index is 5.96. The van der Waals surface area contributed by atoms with E-state index in [1.165, 1.54) is 54.4 Å². The van der Waals surface area contributed by atoms with Crippen LogP contribution in [0.2, 0.25) is 0 Å². The van der Waals surface area contributed by atoms with Crippen molar-refractivity contribution in [2.75, 3.05) is 11.4 Å². The second-order valence-electron chi connectivity index (χ2n) is 6.09. The Kier molecular flexibility index (Phi) is 3.86. The summed E-state index contributed by atoms with van der Waals surface area (Å²) in [7, 11) is 0. The Hall–Kier alpha value is -0.540. The first kappa shape index (κ1) is 13.4. The highest BCUT2D eigenvalue weighted by atomic mass is 79.9. The molecule has 0 radical (unpaired) electrons. The lowest BCUT2D eigenvalue weighted by atomic mass is 9.85. The van der Waals surface area contributed by atoms with E-state index in [-0.39, 0.29) is 6.04 Å². The average Bonchev–Trinajstić information content (AvgIpc) is 2.82. The monoisotopic (exact) mass is 322 g/mol. The van der Waals surface area contributed by atoms with Crippen LogP contribution in [0.5, 0.6) is 0 Å². The van der Waals surface area contributed by atoms with E-state index in [1.807, 2.05) is 6.92 Å². The molecule has 2 aliphatic rings. The fourth-order valence-corrected chi connectivity index (χ4v) is 4.37. The summed E-state index contributed by atoms with van der Waals surface area (Å²) in [6.07, 6.45) is 6.99. The van der Waals surface area contributed by atoms with E-state index >= 15 is 0 Å². The molecule has 2 unspecified atom stereocenters. The fourth-order valence-electron chi connectivity index (χ4n) is 3.74. The van der Waals surface area contributed by atoms with Crippen molar-refractivity contribution < 1.29 is 0 Å². The molecule has 3 rings (SSSR count). The fraction of sp³-hybridized carbons (Fsp3) is 0.625. The number of nitrogens with zero attached hydrogens (tertiary/aromatic N) is 1. The second-order valence-corrected chi connectivity index (χ2v) is 6.95. The molecule has 1 aliphatic heterocycles. The molecule has 3 heteroatoms. The van der Waals surface area contributed by atoms with Gasteiger partial charge in [0, 0.05) is 23.1 Å². The highest BCUT2D eigenvalue weighted by Crippen LogP contribution is 2.41. The minimum absolute atomic E-state index is 0.103. The van der Waals surface area contributed by atoms with Crippen LogP contribution in [0.25, 0.3) is 0 Å². The van der Waals surface area contributed by atoms with Crippen molar-refractivity contribution in [3.8, 4) is 0 Å². The first-order valence-electron chi connectivity index (χ1n) is 7.48. The summed E-state index contributed by atoms with van der Waals surface area (Å²) in [5.74, 6) is 0.925. The van der Waals surface area contributed by atoms with Crippen LogP contribution in [0.1, 0.15) is 50.6 Å². The summed E-state index contributed by atoms with van der Waals surface area (Å²) in [6.45, 7) is 3.25. The Morgan fingerprint density at radius 2 is 2.05 bits per heavy atom. The van der Waals surface area contributed by atoms with Crippen molar-refractivity contribution >= 4 is 21.6 Å². The van der Waals surface area contributed by atoms with Crippen molar-refractivity contribution in [3.05, 3.63) is 28.2 Å². The minimum atomic E-state index is 0.103. The van der Waals surface area contributed by atoms with E-state index in [1.54, 1.807) is 0 Å². The maximum atomic E-state index is 5.96. The second kappa shape index (κ2) is 5.45. The predicted molar refractivity (Wildman–Crippen MR) is 84.5 cm³/mol. The lowest BCUT2D eigenvalue weighted by Gasteiger charge is -2.34. The largest absolute Gasteiger partial charge is 0.367 e. The molecule has 1 saturated carbocycles. The number of nitrogens with two attached hydrogens (primary N) is 1.